The molecule has 1 N–H and O–H groups in total. The average molecular weight is 458 g/mol. The molecule has 0 bridgehead atoms. The Balaban J connectivity index is 1.85. The van der Waals surface area contributed by atoms with E-state index in [-0.39, 0.29) is 16.3 Å². The Morgan fingerprint density at radius 2 is 1.77 bits per heavy atom. The predicted octanol–water partition coefficient (Wildman–Crippen LogP) is 4.73. The van der Waals surface area contributed by atoms with Gasteiger partial charge in [-0.25, -0.2) is 21.9 Å². The van der Waals surface area contributed by atoms with Crippen LogP contribution in [-0.4, -0.2) is 33.1 Å². The van der Waals surface area contributed by atoms with E-state index in [0.29, 0.717) is 24.0 Å². The molecule has 1 aliphatic carbocycles. The van der Waals surface area contributed by atoms with Gasteiger partial charge in [0.15, 0.2) is 11.6 Å². The minimum absolute atomic E-state index is 0.249. The van der Waals surface area contributed by atoms with Crippen molar-refractivity contribution in [2.24, 2.45) is 0 Å². The van der Waals surface area contributed by atoms with Crippen LogP contribution in [0.2, 0.25) is 5.02 Å². The highest BCUT2D eigenvalue weighted by atomic mass is 35.5. The number of rotatable bonds is 7. The molecule has 0 radical (unpaired) electrons. The van der Waals surface area contributed by atoms with Crippen molar-refractivity contribution in [1.82, 2.24) is 4.72 Å². The van der Waals surface area contributed by atoms with E-state index in [1.807, 2.05) is 0 Å². The maximum atomic E-state index is 14.5. The van der Waals surface area contributed by atoms with Gasteiger partial charge in [0, 0.05) is 6.07 Å². The van der Waals surface area contributed by atoms with Crippen LogP contribution in [0, 0.1) is 11.6 Å². The Morgan fingerprint density at radius 1 is 1.10 bits per heavy atom. The molecule has 162 valence electrons. The molecule has 0 aliphatic heterocycles. The summed E-state index contributed by atoms with van der Waals surface area (Å²) < 4.78 is 60.5. The summed E-state index contributed by atoms with van der Waals surface area (Å²) in [5.41, 5.74) is 0.273. The molecule has 5 nitrogen and oxygen atoms in total. The Labute approximate surface area is 179 Å². The summed E-state index contributed by atoms with van der Waals surface area (Å²) in [6, 6.07) is 6.40. The SMILES string of the molecule is COc1cc(F)cc(-c2cc(Cl)c(F)c(C(=O)CNS(=O)(=O)C3CCCCC3)c2)c1. The minimum atomic E-state index is -3.68. The van der Waals surface area contributed by atoms with E-state index in [1.54, 1.807) is 0 Å². The standard InChI is InChI=1S/C21H22ClF2NO4S/c1-29-16-8-13(7-15(23)11-16)14-9-18(21(24)19(22)10-14)20(26)12-25-30(27,28)17-5-3-2-4-6-17/h7-11,17,25H,2-6,12H2,1H3. The highest BCUT2D eigenvalue weighted by molar-refractivity contribution is 7.90. The molecule has 2 aromatic carbocycles. The molecule has 0 heterocycles. The molecule has 0 amide bonds. The zero-order valence-electron chi connectivity index (χ0n) is 16.4. The minimum Gasteiger partial charge on any atom is -0.497 e. The van der Waals surface area contributed by atoms with Crippen molar-refractivity contribution >= 4 is 27.4 Å². The van der Waals surface area contributed by atoms with Gasteiger partial charge in [-0.2, -0.15) is 0 Å². The maximum Gasteiger partial charge on any atom is 0.214 e. The first-order chi connectivity index (χ1) is 14.2. The van der Waals surface area contributed by atoms with Gasteiger partial charge in [0.1, 0.15) is 11.6 Å². The Morgan fingerprint density at radius 3 is 2.43 bits per heavy atom. The van der Waals surface area contributed by atoms with Crippen molar-refractivity contribution in [2.45, 2.75) is 37.4 Å². The second-order valence-corrected chi connectivity index (χ2v) is 9.70. The van der Waals surface area contributed by atoms with Crippen LogP contribution in [0.25, 0.3) is 11.1 Å². The maximum absolute atomic E-state index is 14.5. The second kappa shape index (κ2) is 9.41. The number of ketones is 1. The van der Waals surface area contributed by atoms with Crippen molar-refractivity contribution in [3.63, 3.8) is 0 Å². The molecule has 30 heavy (non-hydrogen) atoms. The number of hydrogen-bond acceptors (Lipinski definition) is 4. The molecule has 0 saturated heterocycles. The molecule has 1 fully saturated rings. The lowest BCUT2D eigenvalue weighted by Crippen LogP contribution is -2.38. The summed E-state index contributed by atoms with van der Waals surface area (Å²) in [7, 11) is -2.30. The normalized spacial score (nSPS) is 15.2. The Kier molecular flexibility index (Phi) is 7.10. The van der Waals surface area contributed by atoms with Gasteiger partial charge in [-0.05, 0) is 48.2 Å². The first kappa shape index (κ1) is 22.7. The lowest BCUT2D eigenvalue weighted by Gasteiger charge is -2.21. The van der Waals surface area contributed by atoms with Crippen molar-refractivity contribution in [3.05, 3.63) is 52.6 Å². The zero-order valence-corrected chi connectivity index (χ0v) is 18.0. The topological polar surface area (TPSA) is 72.5 Å². The quantitative estimate of drug-likeness (QED) is 0.610. The molecule has 9 heteroatoms. The van der Waals surface area contributed by atoms with Crippen LogP contribution < -0.4 is 9.46 Å². The van der Waals surface area contributed by atoms with Crippen LogP contribution >= 0.6 is 11.6 Å². The number of methoxy groups -OCH3 is 1. The van der Waals surface area contributed by atoms with Crippen LogP contribution in [-0.2, 0) is 10.0 Å². The van der Waals surface area contributed by atoms with Crippen LogP contribution in [0.5, 0.6) is 5.75 Å². The number of ether oxygens (including phenoxy) is 1. The van der Waals surface area contributed by atoms with E-state index in [0.717, 1.165) is 19.3 Å². The van der Waals surface area contributed by atoms with E-state index >= 15 is 0 Å². The highest BCUT2D eigenvalue weighted by Crippen LogP contribution is 2.31. The first-order valence-electron chi connectivity index (χ1n) is 9.57. The monoisotopic (exact) mass is 457 g/mol. The highest BCUT2D eigenvalue weighted by Gasteiger charge is 2.28. The molecule has 0 atom stereocenters. The largest absolute Gasteiger partial charge is 0.497 e. The van der Waals surface area contributed by atoms with E-state index in [2.05, 4.69) is 4.72 Å². The summed E-state index contributed by atoms with van der Waals surface area (Å²) in [4.78, 5) is 12.6. The number of carbonyl (C=O) groups is 1. The Hall–Kier alpha value is -2.03. The third-order valence-corrected chi connectivity index (χ3v) is 7.36. The van der Waals surface area contributed by atoms with Gasteiger partial charge in [0.25, 0.3) is 0 Å². The van der Waals surface area contributed by atoms with Crippen molar-refractivity contribution < 1.29 is 26.7 Å². The summed E-state index contributed by atoms with van der Waals surface area (Å²) in [5.74, 6) is -2.04. The van der Waals surface area contributed by atoms with E-state index in [4.69, 9.17) is 16.3 Å². The number of hydrogen-bond donors (Lipinski definition) is 1. The number of benzene rings is 2. The molecule has 2 aromatic rings. The van der Waals surface area contributed by atoms with Gasteiger partial charge in [-0.15, -0.1) is 0 Å². The molecule has 0 unspecified atom stereocenters. The molecule has 3 rings (SSSR count). The van der Waals surface area contributed by atoms with Crippen molar-refractivity contribution in [3.8, 4) is 16.9 Å². The van der Waals surface area contributed by atoms with E-state index in [9.17, 15) is 22.0 Å². The summed E-state index contributed by atoms with van der Waals surface area (Å²) in [6.07, 6.45) is 3.72. The fourth-order valence-corrected chi connectivity index (χ4v) is 5.30. The molecule has 0 aromatic heterocycles. The predicted molar refractivity (Wildman–Crippen MR) is 111 cm³/mol. The number of nitrogens with one attached hydrogen (secondary N) is 1. The fourth-order valence-electron chi connectivity index (χ4n) is 3.56. The molecule has 0 spiro atoms. The van der Waals surface area contributed by atoms with Crippen LogP contribution in [0.15, 0.2) is 30.3 Å². The molecule has 1 aliphatic rings. The molecule has 1 saturated carbocycles. The smallest absolute Gasteiger partial charge is 0.214 e. The first-order valence-corrected chi connectivity index (χ1v) is 11.5. The number of halogens is 3. The van der Waals surface area contributed by atoms with E-state index < -0.39 is 39.2 Å². The Bertz CT molecular complexity index is 1050. The van der Waals surface area contributed by atoms with Crippen LogP contribution in [0.1, 0.15) is 42.5 Å². The van der Waals surface area contributed by atoms with Gasteiger partial charge < -0.3 is 4.74 Å². The lowest BCUT2D eigenvalue weighted by molar-refractivity contribution is 0.0993. The second-order valence-electron chi connectivity index (χ2n) is 7.25. The number of sulfonamides is 1. The van der Waals surface area contributed by atoms with E-state index in [1.165, 1.54) is 37.4 Å². The van der Waals surface area contributed by atoms with Crippen molar-refractivity contribution in [1.29, 1.82) is 0 Å². The van der Waals surface area contributed by atoms with Crippen molar-refractivity contribution in [2.75, 3.05) is 13.7 Å². The zero-order chi connectivity index (χ0) is 21.9. The van der Waals surface area contributed by atoms with Gasteiger partial charge in [-0.3, -0.25) is 4.79 Å². The summed E-state index contributed by atoms with van der Waals surface area (Å²) >= 11 is 5.95. The summed E-state index contributed by atoms with van der Waals surface area (Å²) in [5, 5.41) is -0.868. The van der Waals surface area contributed by atoms with Gasteiger partial charge in [-0.1, -0.05) is 30.9 Å². The number of carbonyl (C=O) groups excluding carboxylic acids is 1. The third-order valence-electron chi connectivity index (χ3n) is 5.19. The average Bonchev–Trinajstić information content (AvgIpc) is 2.74. The van der Waals surface area contributed by atoms with Crippen LogP contribution in [0.4, 0.5) is 8.78 Å². The third kappa shape index (κ3) is 5.17. The lowest BCUT2D eigenvalue weighted by atomic mass is 10.00. The van der Waals surface area contributed by atoms with Gasteiger partial charge >= 0.3 is 0 Å². The van der Waals surface area contributed by atoms with Crippen LogP contribution in [0.3, 0.4) is 0 Å². The number of Topliss-reactive ketones (excluding diaryl/α,β-unsaturated/α-hetero) is 1. The van der Waals surface area contributed by atoms with Gasteiger partial charge in [0.2, 0.25) is 10.0 Å². The summed E-state index contributed by atoms with van der Waals surface area (Å²) in [6.45, 7) is -0.581. The molecular formula is C21H22ClF2NO4S. The van der Waals surface area contributed by atoms with Gasteiger partial charge in [0.05, 0.1) is 29.5 Å². The molecular weight excluding hydrogens is 436 g/mol. The fraction of sp³-hybridized carbons (Fsp3) is 0.381.